The number of carbonyl (C=O) groups is 1. The van der Waals surface area contributed by atoms with Crippen molar-refractivity contribution in [2.75, 3.05) is 0 Å². The molecule has 72 valence electrons. The number of hydrogen-bond acceptors (Lipinski definition) is 3. The molecule has 0 aliphatic heterocycles. The van der Waals surface area contributed by atoms with Crippen LogP contribution in [0.25, 0.3) is 0 Å². The Morgan fingerprint density at radius 1 is 1.46 bits per heavy atom. The Hall–Kier alpha value is -1.27. The summed E-state index contributed by atoms with van der Waals surface area (Å²) in [6.45, 7) is 4.89. The Labute approximate surface area is 78.4 Å². The number of ether oxygens (including phenoxy) is 1. The van der Waals surface area contributed by atoms with Crippen molar-refractivity contribution in [2.45, 2.75) is 33.0 Å². The van der Waals surface area contributed by atoms with Gasteiger partial charge >= 0.3 is 5.97 Å². The van der Waals surface area contributed by atoms with Gasteiger partial charge in [0.2, 0.25) is 0 Å². The van der Waals surface area contributed by atoms with Gasteiger partial charge in [0.1, 0.15) is 6.10 Å². The van der Waals surface area contributed by atoms with Crippen molar-refractivity contribution in [1.29, 1.82) is 0 Å². The minimum atomic E-state index is -0.551. The smallest absolute Gasteiger partial charge is 0.384 e. The summed E-state index contributed by atoms with van der Waals surface area (Å²) < 4.78 is 4.83. The molecule has 0 heterocycles. The molecule has 1 N–H and O–H groups in total. The SMILES string of the molecule is CC#CC(=O)O[C@H](C)C=C[C@H](C)O. The minimum absolute atomic E-state index is 0.358. The minimum Gasteiger partial charge on any atom is -0.449 e. The van der Waals surface area contributed by atoms with Crippen LogP contribution in [-0.2, 0) is 9.53 Å². The third-order valence-electron chi connectivity index (χ3n) is 1.18. The standard InChI is InChI=1S/C10H14O3/c1-4-5-10(12)13-9(3)7-6-8(2)11/h6-9,11H,1-3H3/t8-,9+/m0/s1. The second-order valence-corrected chi connectivity index (χ2v) is 2.61. The van der Waals surface area contributed by atoms with Gasteiger partial charge in [-0.1, -0.05) is 12.0 Å². The van der Waals surface area contributed by atoms with E-state index in [0.717, 1.165) is 0 Å². The second-order valence-electron chi connectivity index (χ2n) is 2.61. The van der Waals surface area contributed by atoms with Gasteiger partial charge in [-0.25, -0.2) is 4.79 Å². The van der Waals surface area contributed by atoms with E-state index in [4.69, 9.17) is 9.84 Å². The average Bonchev–Trinajstić information content (AvgIpc) is 2.01. The van der Waals surface area contributed by atoms with E-state index in [1.807, 2.05) is 0 Å². The van der Waals surface area contributed by atoms with Gasteiger partial charge in [-0.3, -0.25) is 0 Å². The fourth-order valence-corrected chi connectivity index (χ4v) is 0.657. The molecule has 0 aliphatic rings. The molecule has 13 heavy (non-hydrogen) atoms. The van der Waals surface area contributed by atoms with Gasteiger partial charge in [-0.2, -0.15) is 0 Å². The van der Waals surface area contributed by atoms with E-state index < -0.39 is 12.1 Å². The molecule has 0 saturated carbocycles. The molecule has 0 aromatic rings. The summed E-state index contributed by atoms with van der Waals surface area (Å²) in [6.07, 6.45) is 2.28. The Morgan fingerprint density at radius 3 is 2.54 bits per heavy atom. The first-order valence-electron chi connectivity index (χ1n) is 4.06. The lowest BCUT2D eigenvalue weighted by atomic mass is 10.3. The van der Waals surface area contributed by atoms with Gasteiger partial charge < -0.3 is 9.84 Å². The van der Waals surface area contributed by atoms with Crippen molar-refractivity contribution in [2.24, 2.45) is 0 Å². The van der Waals surface area contributed by atoms with Crippen LogP contribution >= 0.6 is 0 Å². The quantitative estimate of drug-likeness (QED) is 0.305. The molecule has 2 atom stereocenters. The van der Waals surface area contributed by atoms with E-state index in [1.54, 1.807) is 32.9 Å². The molecule has 0 amide bonds. The molecule has 3 heteroatoms. The van der Waals surface area contributed by atoms with Crippen molar-refractivity contribution < 1.29 is 14.6 Å². The van der Waals surface area contributed by atoms with E-state index in [0.29, 0.717) is 0 Å². The number of hydrogen-bond donors (Lipinski definition) is 1. The molecular formula is C10H14O3. The topological polar surface area (TPSA) is 46.5 Å². The van der Waals surface area contributed by atoms with E-state index >= 15 is 0 Å². The van der Waals surface area contributed by atoms with Crippen molar-refractivity contribution in [3.05, 3.63) is 12.2 Å². The zero-order valence-electron chi connectivity index (χ0n) is 8.07. The molecule has 0 aliphatic carbocycles. The second kappa shape index (κ2) is 6.27. The third-order valence-corrected chi connectivity index (χ3v) is 1.18. The first kappa shape index (κ1) is 11.7. The van der Waals surface area contributed by atoms with Crippen LogP contribution in [0.15, 0.2) is 12.2 Å². The third kappa shape index (κ3) is 7.10. The first-order valence-corrected chi connectivity index (χ1v) is 4.06. The van der Waals surface area contributed by atoms with E-state index in [2.05, 4.69) is 11.8 Å². The molecule has 0 aromatic heterocycles. The number of esters is 1. The Balaban J connectivity index is 3.91. The van der Waals surface area contributed by atoms with Gasteiger partial charge in [0.25, 0.3) is 0 Å². The lowest BCUT2D eigenvalue weighted by Gasteiger charge is -2.05. The normalized spacial score (nSPS) is 14.5. The molecule has 0 radical (unpaired) electrons. The van der Waals surface area contributed by atoms with Crippen LogP contribution in [0.5, 0.6) is 0 Å². The highest BCUT2D eigenvalue weighted by Crippen LogP contribution is 1.95. The molecule has 0 unspecified atom stereocenters. The summed E-state index contributed by atoms with van der Waals surface area (Å²) in [5.74, 6) is 4.15. The maximum Gasteiger partial charge on any atom is 0.384 e. The molecule has 0 rings (SSSR count). The van der Waals surface area contributed by atoms with E-state index in [9.17, 15) is 4.79 Å². The predicted octanol–water partition coefficient (Wildman–Crippen LogP) is 0.878. The monoisotopic (exact) mass is 182 g/mol. The fraction of sp³-hybridized carbons (Fsp3) is 0.500. The molecule has 0 aromatic carbocycles. The lowest BCUT2D eigenvalue weighted by molar-refractivity contribution is -0.139. The number of rotatable bonds is 3. The average molecular weight is 182 g/mol. The van der Waals surface area contributed by atoms with Crippen LogP contribution < -0.4 is 0 Å². The molecule has 0 spiro atoms. The molecular weight excluding hydrogens is 168 g/mol. The van der Waals surface area contributed by atoms with Crippen molar-refractivity contribution in [1.82, 2.24) is 0 Å². The summed E-state index contributed by atoms with van der Waals surface area (Å²) in [5, 5.41) is 8.88. The molecule has 0 bridgehead atoms. The van der Waals surface area contributed by atoms with Gasteiger partial charge in [0, 0.05) is 5.92 Å². The zero-order chi connectivity index (χ0) is 10.3. The summed E-state index contributed by atoms with van der Waals surface area (Å²) in [5.41, 5.74) is 0. The maximum atomic E-state index is 10.8. The predicted molar refractivity (Wildman–Crippen MR) is 49.8 cm³/mol. The zero-order valence-corrected chi connectivity index (χ0v) is 8.07. The van der Waals surface area contributed by atoms with Crippen molar-refractivity contribution in [3.8, 4) is 11.8 Å². The van der Waals surface area contributed by atoms with Gasteiger partial charge in [0.15, 0.2) is 0 Å². The largest absolute Gasteiger partial charge is 0.449 e. The molecule has 0 fully saturated rings. The van der Waals surface area contributed by atoms with Gasteiger partial charge in [-0.15, -0.1) is 0 Å². The summed E-state index contributed by atoms with van der Waals surface area (Å²) in [6, 6.07) is 0. The maximum absolute atomic E-state index is 10.8. The summed E-state index contributed by atoms with van der Waals surface area (Å²) in [7, 11) is 0. The Kier molecular flexibility index (Phi) is 5.66. The van der Waals surface area contributed by atoms with Crippen LogP contribution in [0.2, 0.25) is 0 Å². The summed E-state index contributed by atoms with van der Waals surface area (Å²) in [4.78, 5) is 10.8. The molecule has 0 saturated heterocycles. The lowest BCUT2D eigenvalue weighted by Crippen LogP contribution is -2.11. The van der Waals surface area contributed by atoms with Crippen molar-refractivity contribution >= 4 is 5.97 Å². The highest BCUT2D eigenvalue weighted by atomic mass is 16.5. The number of aliphatic hydroxyl groups is 1. The number of carbonyl (C=O) groups excluding carboxylic acids is 1. The Morgan fingerprint density at radius 2 is 2.08 bits per heavy atom. The summed E-state index contributed by atoms with van der Waals surface area (Å²) >= 11 is 0. The molecule has 3 nitrogen and oxygen atoms in total. The van der Waals surface area contributed by atoms with Crippen LogP contribution in [0.4, 0.5) is 0 Å². The van der Waals surface area contributed by atoms with Crippen LogP contribution in [0.3, 0.4) is 0 Å². The van der Waals surface area contributed by atoms with Gasteiger partial charge in [-0.05, 0) is 26.8 Å². The van der Waals surface area contributed by atoms with Crippen molar-refractivity contribution in [3.63, 3.8) is 0 Å². The highest BCUT2D eigenvalue weighted by Gasteiger charge is 2.02. The fourth-order valence-electron chi connectivity index (χ4n) is 0.657. The number of aliphatic hydroxyl groups excluding tert-OH is 1. The van der Waals surface area contributed by atoms with E-state index in [1.165, 1.54) is 0 Å². The van der Waals surface area contributed by atoms with Crippen LogP contribution in [-0.4, -0.2) is 23.3 Å². The highest BCUT2D eigenvalue weighted by molar-refractivity contribution is 5.88. The van der Waals surface area contributed by atoms with Crippen LogP contribution in [0, 0.1) is 11.8 Å². The Bertz CT molecular complexity index is 243. The van der Waals surface area contributed by atoms with Gasteiger partial charge in [0.05, 0.1) is 6.10 Å². The van der Waals surface area contributed by atoms with E-state index in [-0.39, 0.29) is 6.10 Å². The first-order chi connectivity index (χ1) is 6.06. The van der Waals surface area contributed by atoms with Crippen LogP contribution in [0.1, 0.15) is 20.8 Å².